The lowest BCUT2D eigenvalue weighted by atomic mass is 9.92. The molecule has 0 amide bonds. The first-order valence-electron chi connectivity index (χ1n) is 9.57. The van der Waals surface area contributed by atoms with Gasteiger partial charge in [-0.3, -0.25) is 4.98 Å². The molecule has 5 heteroatoms. The summed E-state index contributed by atoms with van der Waals surface area (Å²) in [6.07, 6.45) is 9.93. The Morgan fingerprint density at radius 3 is 2.67 bits per heavy atom. The van der Waals surface area contributed by atoms with Crippen LogP contribution in [0.15, 0.2) is 42.6 Å². The molecular formula is C22H25N5. The summed E-state index contributed by atoms with van der Waals surface area (Å²) in [6.45, 7) is 2.09. The van der Waals surface area contributed by atoms with Crippen LogP contribution in [0.1, 0.15) is 42.8 Å². The molecule has 1 fully saturated rings. The molecule has 2 aromatic heterocycles. The Labute approximate surface area is 159 Å². The quantitative estimate of drug-likeness (QED) is 0.730. The smallest absolute Gasteiger partial charge is 0.155 e. The average molecular weight is 359 g/mol. The third-order valence-corrected chi connectivity index (χ3v) is 5.07. The van der Waals surface area contributed by atoms with Gasteiger partial charge in [0.15, 0.2) is 5.82 Å². The zero-order valence-electron chi connectivity index (χ0n) is 15.6. The van der Waals surface area contributed by atoms with Crippen molar-refractivity contribution in [1.29, 1.82) is 0 Å². The Morgan fingerprint density at radius 2 is 1.89 bits per heavy atom. The van der Waals surface area contributed by atoms with Crippen molar-refractivity contribution in [3.63, 3.8) is 0 Å². The molecule has 1 aromatic carbocycles. The molecule has 1 aliphatic carbocycles. The van der Waals surface area contributed by atoms with Gasteiger partial charge in [-0.2, -0.15) is 0 Å². The summed E-state index contributed by atoms with van der Waals surface area (Å²) in [5.41, 5.74) is 9.10. The second-order valence-electron chi connectivity index (χ2n) is 7.29. The summed E-state index contributed by atoms with van der Waals surface area (Å²) in [7, 11) is 0. The highest BCUT2D eigenvalue weighted by molar-refractivity contribution is 5.90. The van der Waals surface area contributed by atoms with Crippen molar-refractivity contribution in [2.24, 2.45) is 5.73 Å². The zero-order chi connectivity index (χ0) is 18.6. The fourth-order valence-electron chi connectivity index (χ4n) is 3.54. The van der Waals surface area contributed by atoms with Crippen LogP contribution in [0.2, 0.25) is 0 Å². The van der Waals surface area contributed by atoms with E-state index in [1.165, 1.54) is 5.56 Å². The normalized spacial score (nSPS) is 20.2. The van der Waals surface area contributed by atoms with Gasteiger partial charge in [0.05, 0.1) is 11.2 Å². The van der Waals surface area contributed by atoms with Crippen molar-refractivity contribution in [2.45, 2.75) is 44.7 Å². The van der Waals surface area contributed by atoms with Crippen LogP contribution in [-0.4, -0.2) is 27.0 Å². The van der Waals surface area contributed by atoms with E-state index in [4.69, 9.17) is 15.7 Å². The number of fused-ring (bicyclic) bond motifs is 1. The van der Waals surface area contributed by atoms with Crippen LogP contribution in [-0.2, 0) is 0 Å². The summed E-state index contributed by atoms with van der Waals surface area (Å²) in [5, 5.41) is 4.72. The van der Waals surface area contributed by atoms with E-state index in [1.54, 1.807) is 6.20 Å². The number of aryl methyl sites for hydroxylation is 1. The lowest BCUT2D eigenvalue weighted by Crippen LogP contribution is -2.33. The second kappa shape index (κ2) is 7.84. The van der Waals surface area contributed by atoms with Crippen LogP contribution in [0, 0.1) is 6.92 Å². The maximum absolute atomic E-state index is 6.05. The SMILES string of the molecule is Cc1ccc2nc(C=Cc3ccccn3)nc(NC3CCC(N)CC3)c2c1. The third kappa shape index (κ3) is 4.31. The summed E-state index contributed by atoms with van der Waals surface area (Å²) in [4.78, 5) is 13.8. The van der Waals surface area contributed by atoms with E-state index < -0.39 is 0 Å². The molecular weight excluding hydrogens is 334 g/mol. The molecule has 0 aliphatic heterocycles. The highest BCUT2D eigenvalue weighted by Crippen LogP contribution is 2.26. The monoisotopic (exact) mass is 359 g/mol. The summed E-state index contributed by atoms with van der Waals surface area (Å²) in [6, 6.07) is 12.9. The van der Waals surface area contributed by atoms with Crippen LogP contribution < -0.4 is 11.1 Å². The van der Waals surface area contributed by atoms with Crippen LogP contribution in [0.5, 0.6) is 0 Å². The number of nitrogens with two attached hydrogens (primary N) is 1. The lowest BCUT2D eigenvalue weighted by Gasteiger charge is -2.27. The Bertz CT molecular complexity index is 944. The van der Waals surface area contributed by atoms with Gasteiger partial charge in [-0.05, 0) is 69.0 Å². The Hall–Kier alpha value is -2.79. The van der Waals surface area contributed by atoms with E-state index in [1.807, 2.05) is 30.4 Å². The molecule has 0 radical (unpaired) electrons. The van der Waals surface area contributed by atoms with Crippen molar-refractivity contribution < 1.29 is 0 Å². The standard InChI is InChI=1S/C22H25N5/c1-15-5-11-20-19(14-15)22(25-18-8-6-16(23)7-9-18)27-21(26-20)12-10-17-4-2-3-13-24-17/h2-5,10-14,16,18H,6-9,23H2,1H3,(H,25,26,27). The van der Waals surface area contributed by atoms with Crippen molar-refractivity contribution in [3.05, 3.63) is 59.7 Å². The van der Waals surface area contributed by atoms with Gasteiger partial charge in [0.1, 0.15) is 5.82 Å². The minimum atomic E-state index is 0.337. The van der Waals surface area contributed by atoms with Gasteiger partial charge < -0.3 is 11.1 Å². The predicted molar refractivity (Wildman–Crippen MR) is 111 cm³/mol. The number of anilines is 1. The van der Waals surface area contributed by atoms with Gasteiger partial charge in [-0.1, -0.05) is 17.7 Å². The first kappa shape index (κ1) is 17.6. The minimum absolute atomic E-state index is 0.337. The molecule has 1 aliphatic rings. The number of pyridine rings is 1. The molecule has 4 rings (SSSR count). The molecule has 27 heavy (non-hydrogen) atoms. The number of aromatic nitrogens is 3. The molecule has 3 N–H and O–H groups in total. The topological polar surface area (TPSA) is 76.7 Å². The van der Waals surface area contributed by atoms with Gasteiger partial charge in [0.2, 0.25) is 0 Å². The maximum atomic E-state index is 6.05. The van der Waals surface area contributed by atoms with E-state index >= 15 is 0 Å². The molecule has 3 aromatic rings. The van der Waals surface area contributed by atoms with Crippen molar-refractivity contribution in [2.75, 3.05) is 5.32 Å². The van der Waals surface area contributed by atoms with Gasteiger partial charge in [0, 0.05) is 23.7 Å². The molecule has 5 nitrogen and oxygen atoms in total. The first-order valence-corrected chi connectivity index (χ1v) is 9.57. The van der Waals surface area contributed by atoms with Crippen molar-refractivity contribution >= 4 is 28.9 Å². The number of nitrogens with one attached hydrogen (secondary N) is 1. The van der Waals surface area contributed by atoms with Crippen molar-refractivity contribution in [1.82, 2.24) is 15.0 Å². The van der Waals surface area contributed by atoms with Gasteiger partial charge >= 0.3 is 0 Å². The molecule has 0 atom stereocenters. The highest BCUT2D eigenvalue weighted by atomic mass is 15.1. The highest BCUT2D eigenvalue weighted by Gasteiger charge is 2.19. The number of rotatable bonds is 4. The second-order valence-corrected chi connectivity index (χ2v) is 7.29. The Balaban J connectivity index is 1.67. The lowest BCUT2D eigenvalue weighted by molar-refractivity contribution is 0.410. The number of nitrogens with zero attached hydrogens (tertiary/aromatic N) is 3. The van der Waals surface area contributed by atoms with E-state index in [9.17, 15) is 0 Å². The van der Waals surface area contributed by atoms with E-state index in [0.717, 1.165) is 48.1 Å². The molecule has 2 heterocycles. The largest absolute Gasteiger partial charge is 0.367 e. The molecule has 1 saturated carbocycles. The van der Waals surface area contributed by atoms with Crippen LogP contribution in [0.25, 0.3) is 23.1 Å². The zero-order valence-corrected chi connectivity index (χ0v) is 15.6. The van der Waals surface area contributed by atoms with Gasteiger partial charge in [-0.15, -0.1) is 0 Å². The number of hydrogen-bond donors (Lipinski definition) is 2. The number of benzene rings is 1. The molecule has 0 spiro atoms. The fraction of sp³-hybridized carbons (Fsp3) is 0.318. The van der Waals surface area contributed by atoms with Gasteiger partial charge in [0.25, 0.3) is 0 Å². The van der Waals surface area contributed by atoms with Crippen molar-refractivity contribution in [3.8, 4) is 0 Å². The van der Waals surface area contributed by atoms with Gasteiger partial charge in [-0.25, -0.2) is 9.97 Å². The first-order chi connectivity index (χ1) is 13.2. The predicted octanol–water partition coefficient (Wildman–Crippen LogP) is 4.19. The number of hydrogen-bond acceptors (Lipinski definition) is 5. The summed E-state index contributed by atoms with van der Waals surface area (Å²) >= 11 is 0. The van der Waals surface area contributed by atoms with Crippen LogP contribution in [0.3, 0.4) is 0 Å². The van der Waals surface area contributed by atoms with E-state index in [-0.39, 0.29) is 0 Å². The van der Waals surface area contributed by atoms with Crippen LogP contribution >= 0.6 is 0 Å². The molecule has 0 saturated heterocycles. The Kier molecular flexibility index (Phi) is 5.12. The van der Waals surface area contributed by atoms with E-state index in [0.29, 0.717) is 17.9 Å². The maximum Gasteiger partial charge on any atom is 0.155 e. The molecule has 138 valence electrons. The summed E-state index contributed by atoms with van der Waals surface area (Å²) in [5.74, 6) is 1.59. The molecule has 0 unspecified atom stereocenters. The summed E-state index contributed by atoms with van der Waals surface area (Å²) < 4.78 is 0. The van der Waals surface area contributed by atoms with Crippen LogP contribution in [0.4, 0.5) is 5.82 Å². The third-order valence-electron chi connectivity index (χ3n) is 5.07. The molecule has 0 bridgehead atoms. The Morgan fingerprint density at radius 1 is 1.04 bits per heavy atom. The average Bonchev–Trinajstić information content (AvgIpc) is 2.69. The van der Waals surface area contributed by atoms with E-state index in [2.05, 4.69) is 35.4 Å². The minimum Gasteiger partial charge on any atom is -0.367 e. The fourth-order valence-corrected chi connectivity index (χ4v) is 3.54.